The molecule has 0 aliphatic carbocycles. The van der Waals surface area contributed by atoms with Crippen LogP contribution < -0.4 is 0 Å². The van der Waals surface area contributed by atoms with Crippen molar-refractivity contribution >= 4 is 12.2 Å². The molecule has 16 heavy (non-hydrogen) atoms. The lowest BCUT2D eigenvalue weighted by atomic mass is 10.1. The molecular weight excluding hydrogens is 216 g/mol. The molecule has 2 aliphatic heterocycles. The van der Waals surface area contributed by atoms with Crippen LogP contribution in [0.2, 0.25) is 0 Å². The number of rotatable bonds is 1. The van der Waals surface area contributed by atoms with E-state index in [0.29, 0.717) is 18.0 Å². The van der Waals surface area contributed by atoms with Gasteiger partial charge in [-0.25, -0.2) is 9.59 Å². The van der Waals surface area contributed by atoms with Gasteiger partial charge in [0.25, 0.3) is 0 Å². The third kappa shape index (κ3) is 1.78. The van der Waals surface area contributed by atoms with E-state index in [1.54, 1.807) is 4.90 Å². The Kier molecular flexibility index (Phi) is 2.86. The van der Waals surface area contributed by atoms with Crippen molar-refractivity contribution in [3.05, 3.63) is 0 Å². The summed E-state index contributed by atoms with van der Waals surface area (Å²) < 4.78 is 9.12. The molecular formula is C9H14N2O5. The maximum atomic E-state index is 11.7. The van der Waals surface area contributed by atoms with Gasteiger partial charge in [0.15, 0.2) is 0 Å². The fourth-order valence-electron chi connectivity index (χ4n) is 2.18. The molecule has 2 rings (SSSR count). The summed E-state index contributed by atoms with van der Waals surface area (Å²) in [6.45, 7) is 0.644. The predicted molar refractivity (Wildman–Crippen MR) is 50.6 cm³/mol. The van der Waals surface area contributed by atoms with Gasteiger partial charge in [0.1, 0.15) is 0 Å². The molecule has 0 radical (unpaired) electrons. The number of urea groups is 1. The standard InChI is InChI=1S/C9H14N2O5/c1-15-9(13)16-7-5-6-3-2-4-10(6)8(12)11(7)14/h6-7,14H,2-5H2,1H3. The number of hydrogen-bond donors (Lipinski definition) is 1. The molecule has 7 heteroatoms. The van der Waals surface area contributed by atoms with Crippen molar-refractivity contribution in [2.45, 2.75) is 31.5 Å². The third-order valence-electron chi connectivity index (χ3n) is 2.96. The van der Waals surface area contributed by atoms with Crippen LogP contribution in [0.4, 0.5) is 9.59 Å². The van der Waals surface area contributed by atoms with Gasteiger partial charge in [-0.15, -0.1) is 0 Å². The Labute approximate surface area is 92.5 Å². The number of hydrogen-bond acceptors (Lipinski definition) is 5. The Hall–Kier alpha value is -1.50. The van der Waals surface area contributed by atoms with E-state index in [1.165, 1.54) is 7.11 Å². The fraction of sp³-hybridized carbons (Fsp3) is 0.778. The molecule has 7 nitrogen and oxygen atoms in total. The van der Waals surface area contributed by atoms with E-state index in [1.807, 2.05) is 0 Å². The number of methoxy groups -OCH3 is 1. The van der Waals surface area contributed by atoms with Crippen molar-refractivity contribution in [3.8, 4) is 0 Å². The predicted octanol–water partition coefficient (Wildman–Crippen LogP) is 0.775. The smallest absolute Gasteiger partial charge is 0.438 e. The molecule has 2 unspecified atom stereocenters. The quantitative estimate of drug-likeness (QED) is 0.531. The summed E-state index contributed by atoms with van der Waals surface area (Å²) in [6, 6.07) is -0.465. The van der Waals surface area contributed by atoms with Gasteiger partial charge in [-0.05, 0) is 12.8 Å². The van der Waals surface area contributed by atoms with Gasteiger partial charge >= 0.3 is 12.2 Å². The first-order chi connectivity index (χ1) is 7.63. The molecule has 0 aromatic heterocycles. The minimum Gasteiger partial charge on any atom is -0.438 e. The molecule has 2 atom stereocenters. The van der Waals surface area contributed by atoms with E-state index in [2.05, 4.69) is 4.74 Å². The van der Waals surface area contributed by atoms with E-state index < -0.39 is 18.4 Å². The zero-order valence-electron chi connectivity index (χ0n) is 8.96. The molecule has 2 fully saturated rings. The molecule has 0 aromatic carbocycles. The van der Waals surface area contributed by atoms with Crippen molar-refractivity contribution in [3.63, 3.8) is 0 Å². The van der Waals surface area contributed by atoms with Crippen LogP contribution in [0.3, 0.4) is 0 Å². The van der Waals surface area contributed by atoms with Crippen molar-refractivity contribution in [1.82, 2.24) is 9.96 Å². The van der Waals surface area contributed by atoms with Gasteiger partial charge in [0.2, 0.25) is 6.23 Å². The van der Waals surface area contributed by atoms with Crippen molar-refractivity contribution in [1.29, 1.82) is 0 Å². The summed E-state index contributed by atoms with van der Waals surface area (Å²) in [7, 11) is 1.18. The second-order valence-electron chi connectivity index (χ2n) is 3.88. The number of hydroxylamine groups is 2. The van der Waals surface area contributed by atoms with Crippen LogP contribution in [0, 0.1) is 0 Å². The highest BCUT2D eigenvalue weighted by molar-refractivity contribution is 5.75. The fourth-order valence-corrected chi connectivity index (χ4v) is 2.18. The molecule has 0 saturated carbocycles. The molecule has 1 N–H and O–H groups in total. The summed E-state index contributed by atoms with van der Waals surface area (Å²) in [5.74, 6) is 0. The molecule has 2 heterocycles. The van der Waals surface area contributed by atoms with Gasteiger partial charge < -0.3 is 14.4 Å². The number of carbonyl (C=O) groups excluding carboxylic acids is 2. The summed E-state index contributed by atoms with van der Waals surface area (Å²) in [5, 5.41) is 10.00. The molecule has 2 saturated heterocycles. The Morgan fingerprint density at radius 3 is 3.00 bits per heavy atom. The maximum Gasteiger partial charge on any atom is 0.510 e. The minimum atomic E-state index is -0.945. The Bertz CT molecular complexity index is 308. The van der Waals surface area contributed by atoms with E-state index in [0.717, 1.165) is 12.8 Å². The van der Waals surface area contributed by atoms with Crippen LogP contribution in [0.1, 0.15) is 19.3 Å². The first-order valence-electron chi connectivity index (χ1n) is 5.17. The minimum absolute atomic E-state index is 0.0468. The summed E-state index contributed by atoms with van der Waals surface area (Å²) in [6.07, 6.45) is 0.357. The number of carbonyl (C=O) groups is 2. The highest BCUT2D eigenvalue weighted by Gasteiger charge is 2.43. The highest BCUT2D eigenvalue weighted by Crippen LogP contribution is 2.29. The first-order valence-corrected chi connectivity index (χ1v) is 5.17. The lowest BCUT2D eigenvalue weighted by Gasteiger charge is -2.38. The van der Waals surface area contributed by atoms with Crippen LogP contribution in [0.25, 0.3) is 0 Å². The Morgan fingerprint density at radius 2 is 2.31 bits per heavy atom. The van der Waals surface area contributed by atoms with Crippen molar-refractivity contribution in [2.75, 3.05) is 13.7 Å². The Morgan fingerprint density at radius 1 is 1.56 bits per heavy atom. The van der Waals surface area contributed by atoms with E-state index >= 15 is 0 Å². The number of amides is 2. The lowest BCUT2D eigenvalue weighted by molar-refractivity contribution is -0.189. The molecule has 2 aliphatic rings. The van der Waals surface area contributed by atoms with Crippen molar-refractivity contribution < 1.29 is 24.3 Å². The van der Waals surface area contributed by atoms with Crippen molar-refractivity contribution in [2.24, 2.45) is 0 Å². The van der Waals surface area contributed by atoms with Crippen LogP contribution >= 0.6 is 0 Å². The van der Waals surface area contributed by atoms with Gasteiger partial charge in [0.05, 0.1) is 7.11 Å². The summed E-state index contributed by atoms with van der Waals surface area (Å²) in [5.41, 5.74) is 0. The topological polar surface area (TPSA) is 79.3 Å². The summed E-state index contributed by atoms with van der Waals surface area (Å²) in [4.78, 5) is 24.2. The zero-order chi connectivity index (χ0) is 11.7. The second-order valence-corrected chi connectivity index (χ2v) is 3.88. The SMILES string of the molecule is COC(=O)OC1CC2CCCN2C(=O)N1O. The first kappa shape index (κ1) is 11.0. The zero-order valence-corrected chi connectivity index (χ0v) is 8.96. The molecule has 0 spiro atoms. The summed E-state index contributed by atoms with van der Waals surface area (Å²) >= 11 is 0. The molecule has 90 valence electrons. The number of nitrogens with zero attached hydrogens (tertiary/aromatic N) is 2. The lowest BCUT2D eigenvalue weighted by Crippen LogP contribution is -2.56. The van der Waals surface area contributed by atoms with E-state index in [4.69, 9.17) is 4.74 Å². The van der Waals surface area contributed by atoms with Gasteiger partial charge in [0, 0.05) is 19.0 Å². The molecule has 0 aromatic rings. The number of fused-ring (bicyclic) bond motifs is 1. The average molecular weight is 230 g/mol. The van der Waals surface area contributed by atoms with Crippen LogP contribution in [0.15, 0.2) is 0 Å². The van der Waals surface area contributed by atoms with Crippen LogP contribution in [-0.2, 0) is 9.47 Å². The second kappa shape index (κ2) is 4.17. The highest BCUT2D eigenvalue weighted by atomic mass is 16.7. The van der Waals surface area contributed by atoms with Gasteiger partial charge in [-0.3, -0.25) is 5.21 Å². The van der Waals surface area contributed by atoms with Gasteiger partial charge in [-0.2, -0.15) is 5.06 Å². The number of ether oxygens (including phenoxy) is 2. The maximum absolute atomic E-state index is 11.7. The average Bonchev–Trinajstić information content (AvgIpc) is 2.73. The van der Waals surface area contributed by atoms with E-state index in [9.17, 15) is 14.8 Å². The third-order valence-corrected chi connectivity index (χ3v) is 2.96. The normalized spacial score (nSPS) is 29.0. The Balaban J connectivity index is 2.04. The monoisotopic (exact) mass is 230 g/mol. The largest absolute Gasteiger partial charge is 0.510 e. The van der Waals surface area contributed by atoms with E-state index in [-0.39, 0.29) is 6.04 Å². The molecule has 2 amide bonds. The van der Waals surface area contributed by atoms with Crippen LogP contribution in [0.5, 0.6) is 0 Å². The van der Waals surface area contributed by atoms with Gasteiger partial charge in [-0.1, -0.05) is 0 Å². The van der Waals surface area contributed by atoms with Crippen LogP contribution in [-0.4, -0.2) is 53.3 Å². The molecule has 0 bridgehead atoms.